The Hall–Kier alpha value is -2.82. The van der Waals surface area contributed by atoms with Gasteiger partial charge in [-0.2, -0.15) is 4.98 Å². The second kappa shape index (κ2) is 4.45. The zero-order valence-electron chi connectivity index (χ0n) is 9.96. The number of hydrogen-bond acceptors (Lipinski definition) is 4. The number of benzene rings is 2. The van der Waals surface area contributed by atoms with Crippen LogP contribution in [0, 0.1) is 0 Å². The molecule has 0 aliphatic rings. The van der Waals surface area contributed by atoms with E-state index in [1.165, 1.54) is 0 Å². The Balaban J connectivity index is 2.17. The van der Waals surface area contributed by atoms with Crippen LogP contribution in [-0.4, -0.2) is 9.97 Å². The first-order chi connectivity index (χ1) is 9.24. The molecule has 0 bridgehead atoms. The molecule has 0 spiro atoms. The average Bonchev–Trinajstić information content (AvgIpc) is 2.39. The van der Waals surface area contributed by atoms with Crippen molar-refractivity contribution in [3.05, 3.63) is 59.0 Å². The van der Waals surface area contributed by atoms with Gasteiger partial charge in [0.15, 0.2) is 0 Å². The Labute approximate surface area is 108 Å². The topological polar surface area (TPSA) is 81.0 Å². The summed E-state index contributed by atoms with van der Waals surface area (Å²) in [5.41, 5.74) is 5.93. The molecule has 19 heavy (non-hydrogen) atoms. The van der Waals surface area contributed by atoms with Crippen molar-refractivity contribution in [3.63, 3.8) is 0 Å². The molecule has 0 radical (unpaired) electrons. The maximum absolute atomic E-state index is 11.3. The number of aromatic nitrogens is 2. The van der Waals surface area contributed by atoms with Gasteiger partial charge < -0.3 is 15.5 Å². The van der Waals surface area contributed by atoms with Crippen LogP contribution in [0.5, 0.6) is 11.5 Å². The van der Waals surface area contributed by atoms with Gasteiger partial charge in [0.25, 0.3) is 0 Å². The lowest BCUT2D eigenvalue weighted by atomic mass is 10.2. The molecule has 0 aliphatic heterocycles. The number of anilines is 1. The lowest BCUT2D eigenvalue weighted by Gasteiger charge is -2.09. The van der Waals surface area contributed by atoms with Crippen LogP contribution < -0.4 is 16.2 Å². The molecule has 3 N–H and O–H groups in total. The van der Waals surface area contributed by atoms with Crippen molar-refractivity contribution in [3.8, 4) is 11.5 Å². The maximum Gasteiger partial charge on any atom is 0.347 e. The molecular weight excluding hydrogens is 242 g/mol. The number of fused-ring (bicyclic) bond motifs is 1. The van der Waals surface area contributed by atoms with Gasteiger partial charge in [-0.05, 0) is 24.3 Å². The van der Waals surface area contributed by atoms with Crippen molar-refractivity contribution in [2.75, 3.05) is 5.73 Å². The van der Waals surface area contributed by atoms with E-state index in [0.717, 1.165) is 0 Å². The molecule has 0 aliphatic carbocycles. The molecule has 0 saturated heterocycles. The first kappa shape index (κ1) is 11.3. The zero-order chi connectivity index (χ0) is 13.2. The van der Waals surface area contributed by atoms with Crippen LogP contribution in [0.1, 0.15) is 0 Å². The van der Waals surface area contributed by atoms with Gasteiger partial charge in [-0.15, -0.1) is 0 Å². The summed E-state index contributed by atoms with van der Waals surface area (Å²) in [7, 11) is 0. The fourth-order valence-corrected chi connectivity index (χ4v) is 1.91. The molecular formula is C14H11N3O2. The van der Waals surface area contributed by atoms with Crippen LogP contribution in [0.15, 0.2) is 53.3 Å². The number of nitrogens with one attached hydrogen (secondary N) is 1. The van der Waals surface area contributed by atoms with Crippen LogP contribution in [0.2, 0.25) is 0 Å². The van der Waals surface area contributed by atoms with Crippen LogP contribution in [0.3, 0.4) is 0 Å². The molecule has 1 heterocycles. The highest BCUT2D eigenvalue weighted by molar-refractivity contribution is 5.93. The van der Waals surface area contributed by atoms with E-state index in [1.807, 2.05) is 30.3 Å². The normalized spacial score (nSPS) is 10.5. The van der Waals surface area contributed by atoms with E-state index in [4.69, 9.17) is 10.5 Å². The summed E-state index contributed by atoms with van der Waals surface area (Å²) in [5.74, 6) is 1.41. The second-order valence-corrected chi connectivity index (χ2v) is 4.02. The number of rotatable bonds is 2. The number of ether oxygens (including phenoxy) is 1. The minimum absolute atomic E-state index is 0.158. The Morgan fingerprint density at radius 2 is 1.84 bits per heavy atom. The van der Waals surface area contributed by atoms with E-state index >= 15 is 0 Å². The first-order valence-corrected chi connectivity index (χ1v) is 5.75. The molecule has 0 atom stereocenters. The van der Waals surface area contributed by atoms with Gasteiger partial charge in [-0.3, -0.25) is 0 Å². The van der Waals surface area contributed by atoms with Crippen molar-refractivity contribution in [1.29, 1.82) is 0 Å². The standard InChI is InChI=1S/C14H11N3O2/c15-13-12-10(16-14(18)17-13)7-4-8-11(12)19-9-5-2-1-3-6-9/h1-8H,(H3,15,16,17,18). The quantitative estimate of drug-likeness (QED) is 0.734. The number of nitrogens with zero attached hydrogens (tertiary/aromatic N) is 1. The maximum atomic E-state index is 11.3. The van der Waals surface area contributed by atoms with Crippen molar-refractivity contribution < 1.29 is 4.74 Å². The number of para-hydroxylation sites is 1. The number of hydrogen-bond donors (Lipinski definition) is 2. The van der Waals surface area contributed by atoms with Crippen molar-refractivity contribution in [1.82, 2.24) is 9.97 Å². The molecule has 1 aromatic heterocycles. The van der Waals surface area contributed by atoms with Gasteiger partial charge in [0.2, 0.25) is 0 Å². The lowest BCUT2D eigenvalue weighted by Crippen LogP contribution is -2.12. The summed E-state index contributed by atoms with van der Waals surface area (Å²) in [4.78, 5) is 17.6. The molecule has 3 rings (SSSR count). The largest absolute Gasteiger partial charge is 0.457 e. The third kappa shape index (κ3) is 2.13. The van der Waals surface area contributed by atoms with Crippen molar-refractivity contribution in [2.24, 2.45) is 0 Å². The SMILES string of the molecule is Nc1nc(=O)[nH]c2cccc(Oc3ccccc3)c12. The smallest absolute Gasteiger partial charge is 0.347 e. The first-order valence-electron chi connectivity index (χ1n) is 5.75. The van der Waals surface area contributed by atoms with Crippen LogP contribution in [0.4, 0.5) is 5.82 Å². The van der Waals surface area contributed by atoms with Crippen LogP contribution in [-0.2, 0) is 0 Å². The van der Waals surface area contributed by atoms with E-state index < -0.39 is 5.69 Å². The summed E-state index contributed by atoms with van der Waals surface area (Å²) in [6.45, 7) is 0. The predicted molar refractivity (Wildman–Crippen MR) is 73.3 cm³/mol. The molecule has 3 aromatic rings. The minimum Gasteiger partial charge on any atom is -0.457 e. The minimum atomic E-state index is -0.470. The highest BCUT2D eigenvalue weighted by Gasteiger charge is 2.09. The summed E-state index contributed by atoms with van der Waals surface area (Å²) < 4.78 is 5.77. The van der Waals surface area contributed by atoms with E-state index in [-0.39, 0.29) is 5.82 Å². The molecule has 5 nitrogen and oxygen atoms in total. The van der Waals surface area contributed by atoms with Crippen LogP contribution in [0.25, 0.3) is 10.9 Å². The summed E-state index contributed by atoms with van der Waals surface area (Å²) in [6.07, 6.45) is 0. The fourth-order valence-electron chi connectivity index (χ4n) is 1.91. The van der Waals surface area contributed by atoms with Crippen molar-refractivity contribution >= 4 is 16.7 Å². The van der Waals surface area contributed by atoms with Crippen LogP contribution >= 0.6 is 0 Å². The lowest BCUT2D eigenvalue weighted by molar-refractivity contribution is 0.488. The highest BCUT2D eigenvalue weighted by atomic mass is 16.5. The Bertz CT molecular complexity index is 782. The monoisotopic (exact) mass is 253 g/mol. The molecule has 0 amide bonds. The molecule has 5 heteroatoms. The van der Waals surface area contributed by atoms with E-state index in [9.17, 15) is 4.79 Å². The summed E-state index contributed by atoms with van der Waals surface area (Å²) in [6, 6.07) is 14.7. The summed E-state index contributed by atoms with van der Waals surface area (Å²) in [5, 5.41) is 0.603. The Morgan fingerprint density at radius 1 is 1.05 bits per heavy atom. The van der Waals surface area contributed by atoms with E-state index in [0.29, 0.717) is 22.4 Å². The molecule has 0 unspecified atom stereocenters. The third-order valence-corrected chi connectivity index (χ3v) is 2.72. The highest BCUT2D eigenvalue weighted by Crippen LogP contribution is 2.30. The van der Waals surface area contributed by atoms with Gasteiger partial charge in [0.1, 0.15) is 17.3 Å². The number of aromatic amines is 1. The molecule has 0 saturated carbocycles. The fraction of sp³-hybridized carbons (Fsp3) is 0. The zero-order valence-corrected chi connectivity index (χ0v) is 9.96. The number of nitrogen functional groups attached to an aromatic ring is 1. The van der Waals surface area contributed by atoms with Crippen molar-refractivity contribution in [2.45, 2.75) is 0 Å². The molecule has 94 valence electrons. The molecule has 0 fully saturated rings. The van der Waals surface area contributed by atoms with Gasteiger partial charge in [0, 0.05) is 0 Å². The second-order valence-electron chi connectivity index (χ2n) is 4.02. The number of H-pyrrole nitrogens is 1. The van der Waals surface area contributed by atoms with Gasteiger partial charge in [-0.1, -0.05) is 24.3 Å². The van der Waals surface area contributed by atoms with E-state index in [1.54, 1.807) is 18.2 Å². The average molecular weight is 253 g/mol. The third-order valence-electron chi connectivity index (χ3n) is 2.72. The Kier molecular flexibility index (Phi) is 2.64. The predicted octanol–water partition coefficient (Wildman–Crippen LogP) is 2.30. The van der Waals surface area contributed by atoms with Gasteiger partial charge in [0.05, 0.1) is 10.9 Å². The van der Waals surface area contributed by atoms with Gasteiger partial charge >= 0.3 is 5.69 Å². The molecule has 2 aromatic carbocycles. The van der Waals surface area contributed by atoms with Gasteiger partial charge in [-0.25, -0.2) is 4.79 Å². The summed E-state index contributed by atoms with van der Waals surface area (Å²) >= 11 is 0. The Morgan fingerprint density at radius 3 is 2.63 bits per heavy atom. The van der Waals surface area contributed by atoms with E-state index in [2.05, 4.69) is 9.97 Å². The number of nitrogens with two attached hydrogens (primary N) is 1.